The number of alkyl halides is 7. The van der Waals surface area contributed by atoms with Crippen molar-refractivity contribution in [1.82, 2.24) is 14.8 Å². The van der Waals surface area contributed by atoms with Crippen molar-refractivity contribution < 1.29 is 92.6 Å². The minimum atomic E-state index is -4.65. The lowest BCUT2D eigenvalue weighted by molar-refractivity contribution is -0.176. The van der Waals surface area contributed by atoms with Crippen LogP contribution in [0.1, 0.15) is 107 Å². The molecule has 0 amide bonds. The first kappa shape index (κ1) is 78.7. The minimum absolute atomic E-state index is 0.0444. The maximum atomic E-state index is 12.9. The van der Waals surface area contributed by atoms with E-state index in [9.17, 15) is 63.8 Å². The molecule has 532 valence electrons. The number of aromatic amines is 1. The molecule has 2 N–H and O–H groups in total. The molecule has 1 atom stereocenters. The van der Waals surface area contributed by atoms with Gasteiger partial charge in [-0.05, 0) is 86.8 Å². The van der Waals surface area contributed by atoms with Crippen molar-refractivity contribution in [2.45, 2.75) is 112 Å². The Morgan fingerprint density at radius 2 is 1.42 bits per heavy atom. The molecule has 1 aliphatic heterocycles. The Kier molecular flexibility index (Phi) is 27.2. The predicted molar refractivity (Wildman–Crippen MR) is 361 cm³/mol. The van der Waals surface area contributed by atoms with E-state index in [4.69, 9.17) is 71.0 Å². The van der Waals surface area contributed by atoms with E-state index in [1.807, 2.05) is 84.9 Å². The Hall–Kier alpha value is -8.64. The van der Waals surface area contributed by atoms with Gasteiger partial charge in [0, 0.05) is 63.9 Å². The van der Waals surface area contributed by atoms with Crippen LogP contribution in [0.3, 0.4) is 0 Å². The number of sulfone groups is 1. The summed E-state index contributed by atoms with van der Waals surface area (Å²) in [6, 6.07) is 40.7. The molecule has 100 heavy (non-hydrogen) atoms. The molecule has 6 aromatic carbocycles. The van der Waals surface area contributed by atoms with Gasteiger partial charge in [-0.25, -0.2) is 23.0 Å². The fourth-order valence-electron chi connectivity index (χ4n) is 10.5. The number of methoxy groups -OCH3 is 1. The van der Waals surface area contributed by atoms with Crippen LogP contribution in [0.5, 0.6) is 0 Å². The summed E-state index contributed by atoms with van der Waals surface area (Å²) >= 11 is 24.0. The fourth-order valence-corrected chi connectivity index (χ4v) is 12.4. The third kappa shape index (κ3) is 20.5. The molecule has 0 spiro atoms. The second-order valence-electron chi connectivity index (χ2n) is 22.8. The van der Waals surface area contributed by atoms with Gasteiger partial charge in [-0.2, -0.15) is 26.3 Å². The Morgan fingerprint density at radius 3 is 1.97 bits per heavy atom. The van der Waals surface area contributed by atoms with Gasteiger partial charge < -0.3 is 33.8 Å². The quantitative estimate of drug-likeness (QED) is 0.00933. The lowest BCUT2D eigenvalue weighted by atomic mass is 9.81. The number of benzene rings is 6. The number of esters is 2. The number of carbonyl (C=O) groups is 5. The third-order valence-corrected chi connectivity index (χ3v) is 18.8. The first-order valence-corrected chi connectivity index (χ1v) is 33.9. The van der Waals surface area contributed by atoms with Crippen molar-refractivity contribution in [1.29, 1.82) is 0 Å². The number of H-pyrrole nitrogens is 1. The average Bonchev–Trinajstić information content (AvgIpc) is 1.89. The molecule has 2 heterocycles. The van der Waals surface area contributed by atoms with Gasteiger partial charge >= 0.3 is 24.3 Å². The molecule has 0 bridgehead atoms. The summed E-state index contributed by atoms with van der Waals surface area (Å²) in [7, 11) is -1.39. The van der Waals surface area contributed by atoms with Crippen LogP contribution in [-0.2, 0) is 95.7 Å². The molecule has 31 heteroatoms. The summed E-state index contributed by atoms with van der Waals surface area (Å²) in [5.41, 5.74) is 1.28. The molecule has 3 aliphatic rings. The summed E-state index contributed by atoms with van der Waals surface area (Å²) in [6.07, 6.45) is -4.06. The number of nitrogens with one attached hydrogen (secondary N) is 1. The molecule has 1 unspecified atom stereocenters. The van der Waals surface area contributed by atoms with Crippen LogP contribution in [0.2, 0.25) is 10.0 Å². The third-order valence-electron chi connectivity index (χ3n) is 15.7. The van der Waals surface area contributed by atoms with Crippen LogP contribution in [0.4, 0.5) is 26.3 Å². The lowest BCUT2D eigenvalue weighted by Gasteiger charge is -2.33. The first-order chi connectivity index (χ1) is 47.3. The van der Waals surface area contributed by atoms with Crippen LogP contribution in [0, 0.1) is 10.7 Å². The van der Waals surface area contributed by atoms with Crippen molar-refractivity contribution in [3.8, 4) is 0 Å². The number of carbonyl (C=O) groups excluding carboxylic acids is 5. The summed E-state index contributed by atoms with van der Waals surface area (Å²) in [5, 5.41) is 25.8. The molecule has 1 aromatic heterocycles. The van der Waals surface area contributed by atoms with Gasteiger partial charge in [0.05, 0.1) is 59.4 Å². The number of ether oxygens (including phenoxy) is 3. The van der Waals surface area contributed by atoms with Gasteiger partial charge in [0.15, 0.2) is 44.2 Å². The molecule has 20 nitrogen and oxygen atoms in total. The number of halogens is 9. The average molecular weight is 1490 g/mol. The van der Waals surface area contributed by atoms with Crippen molar-refractivity contribution in [3.63, 3.8) is 0 Å². The highest BCUT2D eigenvalue weighted by Gasteiger charge is 2.58. The van der Waals surface area contributed by atoms with E-state index in [1.165, 1.54) is 39.6 Å². The number of nitrogens with zero attached hydrogens (tertiary/aromatic N) is 5. The zero-order chi connectivity index (χ0) is 73.2. The van der Waals surface area contributed by atoms with Gasteiger partial charge in [-0.15, -0.1) is 11.6 Å². The molecule has 2 saturated carbocycles. The molecular formula is C69H67Cl3F6N6O14S2. The summed E-state index contributed by atoms with van der Waals surface area (Å²) in [6.45, 7) is 1.37. The molecule has 2 fully saturated rings. The number of Topliss-reactive ketones (excluding diaryl/α,β-unsaturated/α-hetero) is 3. The van der Waals surface area contributed by atoms with E-state index in [2.05, 4.69) is 30.3 Å². The van der Waals surface area contributed by atoms with Gasteiger partial charge in [-0.1, -0.05) is 154 Å². The number of aliphatic hydroxyl groups is 1. The lowest BCUT2D eigenvalue weighted by Crippen LogP contribution is -2.47. The Bertz CT molecular complexity index is 4290. The number of rotatable bonds is 22. The molecule has 0 saturated heterocycles. The summed E-state index contributed by atoms with van der Waals surface area (Å²) < 4.78 is 116. The van der Waals surface area contributed by atoms with E-state index in [-0.39, 0.29) is 54.1 Å². The van der Waals surface area contributed by atoms with Crippen molar-refractivity contribution in [3.05, 3.63) is 217 Å². The fraction of sp³-hybridized carbons (Fsp3) is 0.333. The number of ketones is 3. The monoisotopic (exact) mass is 1490 g/mol. The van der Waals surface area contributed by atoms with E-state index in [0.717, 1.165) is 60.1 Å². The number of aromatic nitrogens is 3. The highest BCUT2D eigenvalue weighted by Crippen LogP contribution is 2.53. The van der Waals surface area contributed by atoms with Crippen LogP contribution >= 0.6 is 47.0 Å². The predicted octanol–water partition coefficient (Wildman–Crippen LogP) is 13.7. The zero-order valence-corrected chi connectivity index (χ0v) is 58.1. The molecule has 2 aliphatic carbocycles. The normalized spacial score (nSPS) is 15.7. The smallest absolute Gasteiger partial charge is 0.416 e. The van der Waals surface area contributed by atoms with Gasteiger partial charge in [0.2, 0.25) is 4.77 Å². The van der Waals surface area contributed by atoms with E-state index >= 15 is 0 Å². The van der Waals surface area contributed by atoms with Crippen molar-refractivity contribution >= 4 is 103 Å². The molecule has 10 rings (SSSR count). The highest BCUT2D eigenvalue weighted by atomic mass is 35.5. The number of hydrogen-bond donors (Lipinski definition) is 2. The highest BCUT2D eigenvalue weighted by molar-refractivity contribution is 7.90. The Morgan fingerprint density at radius 1 is 0.810 bits per heavy atom. The maximum absolute atomic E-state index is 12.9. The van der Waals surface area contributed by atoms with E-state index < -0.39 is 102 Å². The Balaban J connectivity index is 0.000000189. The van der Waals surface area contributed by atoms with Crippen LogP contribution in [0.25, 0.3) is 0 Å². The largest absolute Gasteiger partial charge is 0.464 e. The standard InChI is InChI=1S/C20H19F3N2O4.C18H17NO3.C17H16ClF3O6S.C14H15Cl2N3OS/c1-13(14-8-6-9-16(11-14)20(21,22)23)24-29-12-15-7-4-5-10-17(15)18(25-28-3)19(26)27-2;1-2-21-17(20)16-13-18(22-19-16,14-9-5-3-6-10-14)15-11-7-4-8-12-15;1-28(25,26)13-6-5-9(15(18)10(13)7-27-8-17(19,20)21)16(24)14-11(22)3-2-4-12(14)23;15-11-4-2-1-3-10(11)7-14(20,13(16)5-6-13)8-19-12(21)17-9-18-19/h4-11H,12H2,1-3H3;3-12H,2,13H2,1H3;5-6,14H,2-4,7-8H2,1H3;1-4,9,20H,5-8H2,(H,17,18,21)/b24-13+,25-18+;;;. The van der Waals surface area contributed by atoms with Crippen LogP contribution < -0.4 is 0 Å². The van der Waals surface area contributed by atoms with Crippen LogP contribution in [0.15, 0.2) is 172 Å². The molecule has 0 radical (unpaired) electrons. The molecule has 7 aromatic rings. The number of oxime groups is 3. The minimum Gasteiger partial charge on any atom is -0.464 e. The zero-order valence-electron chi connectivity index (χ0n) is 54.2. The number of hydrogen-bond acceptors (Lipinski definition) is 19. The van der Waals surface area contributed by atoms with E-state index in [1.54, 1.807) is 35.9 Å². The summed E-state index contributed by atoms with van der Waals surface area (Å²) in [5.74, 6) is -4.70. The van der Waals surface area contributed by atoms with E-state index in [0.29, 0.717) is 52.5 Å². The van der Waals surface area contributed by atoms with Crippen molar-refractivity contribution in [2.24, 2.45) is 21.4 Å². The second kappa shape index (κ2) is 34.6. The maximum Gasteiger partial charge on any atom is 0.416 e. The molecular weight excluding hydrogens is 1420 g/mol. The topological polar surface area (TPSA) is 266 Å². The SMILES string of the molecule is CCOC(=O)C1=NOC(c2ccccc2)(c2ccccc2)C1.CO/N=C(/C(=O)OC)c1ccccc1CO/N=C(\C)c1cccc(C(F)(F)F)c1.CS(=O)(=O)c1ccc(C(=O)C2C(=O)CCCC2=O)c(Cl)c1COCC(F)(F)F.OC(Cc1ccccc1Cl)(Cn1[nH]cnc1=S)C1(Cl)CC1. The Labute approximate surface area is 591 Å². The van der Waals surface area contributed by atoms with Crippen LogP contribution in [-0.4, -0.2) is 125 Å². The van der Waals surface area contributed by atoms with Gasteiger partial charge in [-0.3, -0.25) is 24.2 Å². The summed E-state index contributed by atoms with van der Waals surface area (Å²) in [4.78, 5) is 79.3. The second-order valence-corrected chi connectivity index (χ2v) is 26.6. The van der Waals surface area contributed by atoms with Gasteiger partial charge in [0.1, 0.15) is 38.2 Å². The first-order valence-electron chi connectivity index (χ1n) is 30.5. The van der Waals surface area contributed by atoms with Crippen molar-refractivity contribution in [2.75, 3.05) is 33.7 Å². The van der Waals surface area contributed by atoms with Gasteiger partial charge in [0.25, 0.3) is 0 Å².